The number of Topliss-reactive ketones (excluding diaryl/α,β-unsaturated/α-hetero) is 1. The molecule has 56 heavy (non-hydrogen) atoms. The summed E-state index contributed by atoms with van der Waals surface area (Å²) in [6.07, 6.45) is 2.83. The van der Waals surface area contributed by atoms with Gasteiger partial charge in [-0.15, -0.1) is 0 Å². The fraction of sp³-hybridized carbons (Fsp3) is 0.833. The zero-order valence-corrected chi connectivity index (χ0v) is 33.1. The van der Waals surface area contributed by atoms with Crippen molar-refractivity contribution >= 4 is 17.7 Å². The van der Waals surface area contributed by atoms with Gasteiger partial charge in [-0.3, -0.25) is 9.59 Å². The number of carbonyl (C=O) groups is 3. The molecule has 5 aliphatic heterocycles. The summed E-state index contributed by atoms with van der Waals surface area (Å²) in [5.41, 5.74) is -5.97. The molecule has 14 nitrogen and oxygen atoms in total. The van der Waals surface area contributed by atoms with Gasteiger partial charge in [-0.1, -0.05) is 26.7 Å². The van der Waals surface area contributed by atoms with Crippen LogP contribution in [0.3, 0.4) is 0 Å². The van der Waals surface area contributed by atoms with Gasteiger partial charge >= 0.3 is 11.9 Å². The van der Waals surface area contributed by atoms with Crippen LogP contribution >= 0.6 is 0 Å². The van der Waals surface area contributed by atoms with E-state index in [4.69, 9.17) is 23.4 Å². The molecule has 0 unspecified atom stereocenters. The molecule has 14 heteroatoms. The lowest BCUT2D eigenvalue weighted by atomic mass is 9.35. The molecule has 8 aliphatic rings. The van der Waals surface area contributed by atoms with E-state index in [0.717, 1.165) is 32.5 Å². The van der Waals surface area contributed by atoms with Crippen LogP contribution in [-0.4, -0.2) is 113 Å². The predicted octanol–water partition coefficient (Wildman–Crippen LogP) is 2.09. The van der Waals surface area contributed by atoms with Crippen LogP contribution in [0.25, 0.3) is 0 Å². The standard InChI is InChI=1S/C42H60N2O12/c1-37(2)30-29(48)31(49)39(4)28(41(30)20-53-36(51)40(35(41)56-37)13-9-22(16-40)18-45)10-12-38(3)32(54-34(50)33-42(38,39)55-33)25-11-14-52-27(25)15-23(26(47)19-46)7-5-6-8-24-17-43-21-44-24/h11,14,22-24,26,28,30-33,35,43-47,49H,5-10,12-13,15-21H2,1-4H3/t22-,23-,24-,26+,28-,30+,31+,32-,33+,35-,38-,39-,40-,41+,42+/m0/s1. The van der Waals surface area contributed by atoms with Crippen molar-refractivity contribution in [3.63, 3.8) is 0 Å². The fourth-order valence-electron chi connectivity index (χ4n) is 14.2. The van der Waals surface area contributed by atoms with Crippen molar-refractivity contribution in [2.24, 2.45) is 45.3 Å². The maximum Gasteiger partial charge on any atom is 0.339 e. The summed E-state index contributed by atoms with van der Waals surface area (Å²) in [6, 6.07) is 2.22. The monoisotopic (exact) mass is 784 g/mol. The molecule has 6 N–H and O–H groups in total. The quantitative estimate of drug-likeness (QED) is 0.108. The highest BCUT2D eigenvalue weighted by atomic mass is 16.7. The predicted molar refractivity (Wildman–Crippen MR) is 196 cm³/mol. The van der Waals surface area contributed by atoms with Crippen molar-refractivity contribution in [1.82, 2.24) is 10.6 Å². The molecular weight excluding hydrogens is 724 g/mol. The van der Waals surface area contributed by atoms with Gasteiger partial charge in [0.1, 0.15) is 30.2 Å². The van der Waals surface area contributed by atoms with Crippen LogP contribution in [0.5, 0.6) is 0 Å². The Bertz CT molecular complexity index is 1740. The van der Waals surface area contributed by atoms with Gasteiger partial charge in [0.05, 0.1) is 42.0 Å². The third-order valence-corrected chi connectivity index (χ3v) is 16.7. The number of aliphatic hydroxyl groups is 4. The minimum atomic E-state index is -1.51. The van der Waals surface area contributed by atoms with Gasteiger partial charge < -0.3 is 54.4 Å². The summed E-state index contributed by atoms with van der Waals surface area (Å²) >= 11 is 0. The Morgan fingerprint density at radius 2 is 1.82 bits per heavy atom. The average molecular weight is 785 g/mol. The largest absolute Gasteiger partial charge is 0.469 e. The molecule has 0 bridgehead atoms. The first kappa shape index (κ1) is 39.1. The Kier molecular flexibility index (Phi) is 9.27. The number of rotatable bonds is 11. The molecular formula is C42H60N2O12. The lowest BCUT2D eigenvalue weighted by Crippen LogP contribution is -2.77. The number of unbranched alkanes of at least 4 members (excludes halogenated alkanes) is 1. The molecule has 8 fully saturated rings. The van der Waals surface area contributed by atoms with E-state index in [-0.39, 0.29) is 31.0 Å². The average Bonchev–Trinajstić information content (AvgIpc) is 3.58. The van der Waals surface area contributed by atoms with Crippen LogP contribution in [0.4, 0.5) is 0 Å². The third-order valence-electron chi connectivity index (χ3n) is 16.7. The van der Waals surface area contributed by atoms with E-state index in [2.05, 4.69) is 10.6 Å². The van der Waals surface area contributed by atoms with E-state index in [9.17, 15) is 34.8 Å². The van der Waals surface area contributed by atoms with Crippen LogP contribution in [0.15, 0.2) is 16.7 Å². The summed E-state index contributed by atoms with van der Waals surface area (Å²) in [5.74, 6) is -2.41. The molecule has 310 valence electrons. The molecule has 15 atom stereocenters. The number of nitrogens with one attached hydrogen (secondary N) is 2. The van der Waals surface area contributed by atoms with E-state index in [1.165, 1.54) is 0 Å². The molecule has 9 rings (SSSR count). The highest BCUT2D eigenvalue weighted by Crippen LogP contribution is 2.81. The lowest BCUT2D eigenvalue weighted by molar-refractivity contribution is -0.264. The molecule has 0 amide bonds. The summed E-state index contributed by atoms with van der Waals surface area (Å²) in [6.45, 7) is 8.87. The molecule has 3 saturated carbocycles. The van der Waals surface area contributed by atoms with Crippen molar-refractivity contribution in [2.45, 2.75) is 140 Å². The molecule has 6 heterocycles. The second-order valence-corrected chi connectivity index (χ2v) is 19.6. The molecule has 3 aliphatic carbocycles. The number of cyclic esters (lactones) is 2. The number of epoxide rings is 1. The van der Waals surface area contributed by atoms with Crippen molar-refractivity contribution in [3.05, 3.63) is 23.7 Å². The van der Waals surface area contributed by atoms with Crippen LogP contribution < -0.4 is 10.6 Å². The minimum absolute atomic E-state index is 0.0469. The Morgan fingerprint density at radius 1 is 1.02 bits per heavy atom. The number of aliphatic hydroxyl groups excluding tert-OH is 4. The van der Waals surface area contributed by atoms with Gasteiger partial charge in [-0.05, 0) is 82.6 Å². The molecule has 1 aromatic heterocycles. The summed E-state index contributed by atoms with van der Waals surface area (Å²) < 4.78 is 32.2. The van der Waals surface area contributed by atoms with Crippen LogP contribution in [-0.2, 0) is 39.8 Å². The lowest BCUT2D eigenvalue weighted by Gasteiger charge is -2.67. The number of hydrogen-bond donors (Lipinski definition) is 6. The number of ketones is 1. The number of hydrogen-bond acceptors (Lipinski definition) is 14. The van der Waals surface area contributed by atoms with Crippen LogP contribution in [0, 0.1) is 45.3 Å². The molecule has 3 spiro atoms. The van der Waals surface area contributed by atoms with Crippen LogP contribution in [0.1, 0.15) is 103 Å². The number of carbonyl (C=O) groups excluding carboxylic acids is 3. The number of fused-ring (bicyclic) bond motifs is 2. The van der Waals surface area contributed by atoms with Crippen molar-refractivity contribution in [1.29, 1.82) is 0 Å². The fourth-order valence-corrected chi connectivity index (χ4v) is 14.2. The van der Waals surface area contributed by atoms with Crippen LogP contribution in [0.2, 0.25) is 0 Å². The molecule has 0 radical (unpaired) electrons. The van der Waals surface area contributed by atoms with E-state index >= 15 is 0 Å². The van der Waals surface area contributed by atoms with Gasteiger partial charge in [0.2, 0.25) is 0 Å². The summed E-state index contributed by atoms with van der Waals surface area (Å²) in [5, 5.41) is 50.4. The number of furan rings is 1. The van der Waals surface area contributed by atoms with Gasteiger partial charge in [0.15, 0.2) is 11.9 Å². The zero-order valence-electron chi connectivity index (χ0n) is 33.1. The number of esters is 2. The molecule has 1 aromatic rings. The number of ether oxygens (including phenoxy) is 4. The topological polar surface area (TPSA) is 210 Å². The smallest absolute Gasteiger partial charge is 0.339 e. The van der Waals surface area contributed by atoms with Crippen molar-refractivity contribution in [3.8, 4) is 0 Å². The van der Waals surface area contributed by atoms with Crippen molar-refractivity contribution < 1.29 is 58.2 Å². The first-order valence-corrected chi connectivity index (χ1v) is 21.0. The Labute approximate surface area is 327 Å². The van der Waals surface area contributed by atoms with Gasteiger partial charge in [-0.2, -0.15) is 0 Å². The Morgan fingerprint density at radius 3 is 2.54 bits per heavy atom. The van der Waals surface area contributed by atoms with Gasteiger partial charge in [0, 0.05) is 54.1 Å². The van der Waals surface area contributed by atoms with E-state index in [0.29, 0.717) is 62.3 Å². The Hall–Kier alpha value is -2.43. The van der Waals surface area contributed by atoms with Gasteiger partial charge in [-0.25, -0.2) is 4.79 Å². The zero-order chi connectivity index (χ0) is 39.6. The normalized spacial score (nSPS) is 47.0. The minimum Gasteiger partial charge on any atom is -0.469 e. The van der Waals surface area contributed by atoms with E-state index < -0.39 is 93.6 Å². The third kappa shape index (κ3) is 4.99. The first-order chi connectivity index (χ1) is 26.7. The second-order valence-electron chi connectivity index (χ2n) is 19.6. The highest BCUT2D eigenvalue weighted by molar-refractivity contribution is 5.92. The maximum atomic E-state index is 15.0. The molecule has 0 aromatic carbocycles. The Balaban J connectivity index is 1.07. The van der Waals surface area contributed by atoms with Gasteiger partial charge in [0.25, 0.3) is 0 Å². The molecule has 5 saturated heterocycles. The highest BCUT2D eigenvalue weighted by Gasteiger charge is 2.91. The van der Waals surface area contributed by atoms with Crippen molar-refractivity contribution in [2.75, 3.05) is 33.0 Å². The van der Waals surface area contributed by atoms with E-state index in [1.54, 1.807) is 12.3 Å². The first-order valence-electron chi connectivity index (χ1n) is 21.0. The summed E-state index contributed by atoms with van der Waals surface area (Å²) in [7, 11) is 0. The summed E-state index contributed by atoms with van der Waals surface area (Å²) in [4.78, 5) is 43.0. The SMILES string of the molecule is CC1(C)O[C@H]2[C@@]3(CC[C@H](CO)C3)C(=O)OC[C@@]23[C@@H]1C(=O)[C@@H](O)[C@]1(C)[C@@H]3CC[C@@]2(C)[C@H](c3ccoc3C[C@H](CCCC[C@H]3CNCN3)[C@H](O)CO)OC(=O)[C@H]3O[C@@]312. The van der Waals surface area contributed by atoms with E-state index in [1.807, 2.05) is 27.7 Å². The second kappa shape index (κ2) is 13.3. The maximum absolute atomic E-state index is 15.0.